The molecule has 0 spiro atoms. The van der Waals surface area contributed by atoms with Gasteiger partial charge in [0.2, 0.25) is 10.0 Å². The summed E-state index contributed by atoms with van der Waals surface area (Å²) in [4.78, 5) is 0. The molecule has 0 aliphatic heterocycles. The zero-order valence-corrected chi connectivity index (χ0v) is 11.3. The lowest BCUT2D eigenvalue weighted by molar-refractivity contribution is -0.115. The number of methoxy groups -OCH3 is 2. The van der Waals surface area contributed by atoms with Gasteiger partial charge in [0.25, 0.3) is 0 Å². The fourth-order valence-corrected chi connectivity index (χ4v) is 4.36. The van der Waals surface area contributed by atoms with Crippen molar-refractivity contribution in [3.05, 3.63) is 0 Å². The molecular weight excluding hydrogens is 258 g/mol. The van der Waals surface area contributed by atoms with E-state index in [4.69, 9.17) is 9.47 Å². The number of hydrogen-bond donors (Lipinski definition) is 1. The third kappa shape index (κ3) is 6.38. The minimum absolute atomic E-state index is 0.679. The van der Waals surface area contributed by atoms with Crippen molar-refractivity contribution >= 4 is 19.9 Å². The molecule has 0 fully saturated rings. The van der Waals surface area contributed by atoms with Gasteiger partial charge in [0.15, 0.2) is 21.2 Å². The van der Waals surface area contributed by atoms with Crippen LogP contribution in [0.3, 0.4) is 0 Å². The first kappa shape index (κ1) is 15.8. The van der Waals surface area contributed by atoms with Crippen LogP contribution in [0, 0.1) is 0 Å². The van der Waals surface area contributed by atoms with Gasteiger partial charge in [-0.1, -0.05) is 0 Å². The first-order valence-corrected chi connectivity index (χ1v) is 8.06. The summed E-state index contributed by atoms with van der Waals surface area (Å²) in [6.45, 7) is 1.51. The Hall–Kier alpha value is -0.220. The maximum absolute atomic E-state index is 11.4. The van der Waals surface area contributed by atoms with E-state index in [1.807, 2.05) is 0 Å². The van der Waals surface area contributed by atoms with Gasteiger partial charge in [-0.3, -0.25) is 0 Å². The van der Waals surface area contributed by atoms with Crippen LogP contribution in [0.4, 0.5) is 0 Å². The molecule has 0 saturated carbocycles. The lowest BCUT2D eigenvalue weighted by Crippen LogP contribution is -2.44. The number of sulfone groups is 1. The van der Waals surface area contributed by atoms with Crippen molar-refractivity contribution in [2.75, 3.05) is 25.6 Å². The maximum atomic E-state index is 11.4. The molecule has 16 heavy (non-hydrogen) atoms. The van der Waals surface area contributed by atoms with E-state index in [0.717, 1.165) is 6.26 Å². The zero-order valence-electron chi connectivity index (χ0n) is 9.63. The minimum Gasteiger partial charge on any atom is -0.354 e. The van der Waals surface area contributed by atoms with Crippen molar-refractivity contribution < 1.29 is 26.3 Å². The van der Waals surface area contributed by atoms with Gasteiger partial charge in [-0.2, -0.15) is 0 Å². The Balaban J connectivity index is 4.60. The van der Waals surface area contributed by atoms with Gasteiger partial charge in [0, 0.05) is 20.5 Å². The lowest BCUT2D eigenvalue weighted by Gasteiger charge is -2.21. The summed E-state index contributed by atoms with van der Waals surface area (Å²) >= 11 is 0. The Labute approximate surface area is 96.1 Å². The predicted octanol–water partition coefficient (Wildman–Crippen LogP) is -1.08. The molecule has 7 nitrogen and oxygen atoms in total. The molecule has 0 rings (SSSR count). The van der Waals surface area contributed by atoms with E-state index in [2.05, 4.69) is 4.72 Å². The number of nitrogens with one attached hydrogen (secondary N) is 1. The van der Waals surface area contributed by atoms with Crippen LogP contribution in [-0.4, -0.2) is 54.7 Å². The third-order valence-corrected chi connectivity index (χ3v) is 5.29. The second kappa shape index (κ2) is 5.92. The van der Waals surface area contributed by atoms with Crippen molar-refractivity contribution in [3.63, 3.8) is 0 Å². The average Bonchev–Trinajstić information content (AvgIpc) is 1.99. The summed E-state index contributed by atoms with van der Waals surface area (Å²) in [6, 6.07) is -0.679. The molecule has 98 valence electrons. The normalized spacial score (nSPS) is 15.3. The van der Waals surface area contributed by atoms with Crippen LogP contribution in [0.5, 0.6) is 0 Å². The highest BCUT2D eigenvalue weighted by Crippen LogP contribution is 2.02. The van der Waals surface area contributed by atoms with Crippen LogP contribution in [0.2, 0.25) is 0 Å². The standard InChI is InChI=1S/C7H17NO6S2/c1-6(7(13-2)14-3)8-16(11,12)5-15(4,9)10/h6-8H,5H2,1-4H3. The number of rotatable bonds is 7. The van der Waals surface area contributed by atoms with Crippen molar-refractivity contribution in [1.29, 1.82) is 0 Å². The summed E-state index contributed by atoms with van der Waals surface area (Å²) in [5.41, 5.74) is 0. The summed E-state index contributed by atoms with van der Waals surface area (Å²) < 4.78 is 56.3. The zero-order chi connectivity index (χ0) is 13.0. The van der Waals surface area contributed by atoms with E-state index in [-0.39, 0.29) is 0 Å². The van der Waals surface area contributed by atoms with Crippen molar-refractivity contribution in [1.82, 2.24) is 4.72 Å². The molecule has 0 aromatic rings. The maximum Gasteiger partial charge on any atom is 0.226 e. The number of hydrogen-bond acceptors (Lipinski definition) is 6. The van der Waals surface area contributed by atoms with Crippen LogP contribution in [-0.2, 0) is 29.3 Å². The fourth-order valence-electron chi connectivity index (χ4n) is 1.16. The third-order valence-electron chi connectivity index (χ3n) is 1.61. The Bertz CT molecular complexity index is 397. The molecule has 0 aliphatic rings. The Morgan fingerprint density at radius 2 is 1.56 bits per heavy atom. The molecule has 9 heteroatoms. The van der Waals surface area contributed by atoms with Crippen LogP contribution in [0.25, 0.3) is 0 Å². The molecule has 0 aromatic heterocycles. The highest BCUT2D eigenvalue weighted by Gasteiger charge is 2.24. The molecule has 0 amide bonds. The van der Waals surface area contributed by atoms with Crippen molar-refractivity contribution in [2.45, 2.75) is 19.3 Å². The van der Waals surface area contributed by atoms with E-state index >= 15 is 0 Å². The van der Waals surface area contributed by atoms with Crippen LogP contribution < -0.4 is 4.72 Å². The summed E-state index contributed by atoms with van der Waals surface area (Å²) in [5, 5.41) is -0.954. The topological polar surface area (TPSA) is 98.8 Å². The van der Waals surface area contributed by atoms with Gasteiger partial charge in [-0.25, -0.2) is 21.6 Å². The Morgan fingerprint density at radius 1 is 1.12 bits per heavy atom. The number of sulfonamides is 1. The van der Waals surface area contributed by atoms with Gasteiger partial charge >= 0.3 is 0 Å². The summed E-state index contributed by atoms with van der Waals surface area (Å²) in [6.07, 6.45) is 0.0791. The molecule has 0 aromatic carbocycles. The molecular formula is C7H17NO6S2. The van der Waals surface area contributed by atoms with Gasteiger partial charge in [-0.15, -0.1) is 0 Å². The number of ether oxygens (including phenoxy) is 2. The fraction of sp³-hybridized carbons (Fsp3) is 1.00. The molecule has 1 N–H and O–H groups in total. The largest absolute Gasteiger partial charge is 0.354 e. The summed E-state index contributed by atoms with van der Waals surface area (Å²) in [7, 11) is -4.79. The molecule has 0 saturated heterocycles. The van der Waals surface area contributed by atoms with Crippen LogP contribution in [0.1, 0.15) is 6.92 Å². The van der Waals surface area contributed by atoms with E-state index in [1.165, 1.54) is 21.1 Å². The van der Waals surface area contributed by atoms with E-state index in [0.29, 0.717) is 0 Å². The van der Waals surface area contributed by atoms with Gasteiger partial charge in [0.1, 0.15) is 0 Å². The first-order chi connectivity index (χ1) is 7.11. The molecule has 0 radical (unpaired) electrons. The highest BCUT2D eigenvalue weighted by atomic mass is 32.3. The molecule has 1 unspecified atom stereocenters. The van der Waals surface area contributed by atoms with Gasteiger partial charge in [0.05, 0.1) is 6.04 Å². The van der Waals surface area contributed by atoms with Gasteiger partial charge in [-0.05, 0) is 6.92 Å². The quantitative estimate of drug-likeness (QED) is 0.593. The molecule has 0 aliphatic carbocycles. The monoisotopic (exact) mass is 275 g/mol. The molecule has 1 atom stereocenters. The minimum atomic E-state index is -3.90. The van der Waals surface area contributed by atoms with Gasteiger partial charge < -0.3 is 9.47 Å². The molecule has 0 heterocycles. The SMILES string of the molecule is COC(OC)C(C)NS(=O)(=O)CS(C)(=O)=O. The summed E-state index contributed by atoms with van der Waals surface area (Å²) in [5.74, 6) is 0. The van der Waals surface area contributed by atoms with E-state index in [9.17, 15) is 16.8 Å². The Kier molecular flexibility index (Phi) is 5.84. The predicted molar refractivity (Wildman–Crippen MR) is 59.0 cm³/mol. The van der Waals surface area contributed by atoms with Crippen LogP contribution in [0.15, 0.2) is 0 Å². The first-order valence-electron chi connectivity index (χ1n) is 4.34. The average molecular weight is 275 g/mol. The lowest BCUT2D eigenvalue weighted by atomic mass is 10.3. The molecule has 0 bridgehead atoms. The van der Waals surface area contributed by atoms with Crippen LogP contribution >= 0.6 is 0 Å². The van der Waals surface area contributed by atoms with Crippen molar-refractivity contribution in [2.24, 2.45) is 0 Å². The smallest absolute Gasteiger partial charge is 0.226 e. The highest BCUT2D eigenvalue weighted by molar-refractivity contribution is 8.06. The van der Waals surface area contributed by atoms with Crippen molar-refractivity contribution in [3.8, 4) is 0 Å². The van der Waals surface area contributed by atoms with E-state index in [1.54, 1.807) is 0 Å². The second-order valence-electron chi connectivity index (χ2n) is 3.40. The Morgan fingerprint density at radius 3 is 1.88 bits per heavy atom. The second-order valence-corrected chi connectivity index (χ2v) is 7.66. The van der Waals surface area contributed by atoms with E-state index < -0.39 is 37.3 Å².